The van der Waals surface area contributed by atoms with Gasteiger partial charge in [0.15, 0.2) is 0 Å². The van der Waals surface area contributed by atoms with Crippen LogP contribution < -0.4 is 0 Å². The molecule has 0 heteroatoms. The average Bonchev–Trinajstić information content (AvgIpc) is 2.30. The summed E-state index contributed by atoms with van der Waals surface area (Å²) in [5.41, 5.74) is 2.70. The third kappa shape index (κ3) is 1.85. The van der Waals surface area contributed by atoms with Crippen LogP contribution in [0.15, 0.2) is 54.6 Å². The molecule has 14 heavy (non-hydrogen) atoms. The van der Waals surface area contributed by atoms with Gasteiger partial charge >= 0.3 is 0 Å². The summed E-state index contributed by atoms with van der Waals surface area (Å²) in [6, 6.07) is 21.8. The fourth-order valence-electron chi connectivity index (χ4n) is 1.62. The molecular formula is C14H13. The predicted octanol–water partition coefficient (Wildman–Crippen LogP) is 3.64. The first-order valence-corrected chi connectivity index (χ1v) is 4.89. The second-order valence-corrected chi connectivity index (χ2v) is 3.47. The van der Waals surface area contributed by atoms with Gasteiger partial charge in [-0.1, -0.05) is 61.5 Å². The van der Waals surface area contributed by atoms with Crippen molar-refractivity contribution < 1.29 is 0 Å². The summed E-state index contributed by atoms with van der Waals surface area (Å²) in [5, 5.41) is 0. The summed E-state index contributed by atoms with van der Waals surface area (Å²) < 4.78 is 0. The summed E-state index contributed by atoms with van der Waals surface area (Å²) in [7, 11) is 0. The summed E-state index contributed by atoms with van der Waals surface area (Å²) >= 11 is 0. The predicted molar refractivity (Wildman–Crippen MR) is 59.2 cm³/mol. The third-order valence-corrected chi connectivity index (χ3v) is 2.54. The van der Waals surface area contributed by atoms with Crippen LogP contribution in [0.2, 0.25) is 0 Å². The van der Waals surface area contributed by atoms with E-state index < -0.39 is 0 Å². The van der Waals surface area contributed by atoms with E-state index in [1.165, 1.54) is 11.1 Å². The van der Waals surface area contributed by atoms with E-state index in [9.17, 15) is 0 Å². The zero-order valence-corrected chi connectivity index (χ0v) is 8.27. The van der Waals surface area contributed by atoms with Crippen molar-refractivity contribution in [3.05, 3.63) is 71.8 Å². The Morgan fingerprint density at radius 2 is 1.43 bits per heavy atom. The van der Waals surface area contributed by atoms with Crippen LogP contribution in [0.1, 0.15) is 24.0 Å². The Kier molecular flexibility index (Phi) is 2.64. The van der Waals surface area contributed by atoms with Crippen LogP contribution in [0.3, 0.4) is 0 Å². The molecule has 0 nitrogen and oxygen atoms in total. The molecule has 2 aromatic rings. The maximum Gasteiger partial charge on any atom is 0.00610 e. The van der Waals surface area contributed by atoms with Gasteiger partial charge in [0.1, 0.15) is 0 Å². The van der Waals surface area contributed by atoms with E-state index in [1.54, 1.807) is 0 Å². The van der Waals surface area contributed by atoms with Gasteiger partial charge in [0.05, 0.1) is 0 Å². The highest BCUT2D eigenvalue weighted by Crippen LogP contribution is 2.22. The van der Waals surface area contributed by atoms with Crippen molar-refractivity contribution in [2.24, 2.45) is 0 Å². The molecule has 0 aliphatic carbocycles. The van der Waals surface area contributed by atoms with Crippen LogP contribution >= 0.6 is 0 Å². The Balaban J connectivity index is 2.30. The van der Waals surface area contributed by atoms with E-state index in [0.29, 0.717) is 5.92 Å². The Morgan fingerprint density at radius 1 is 0.857 bits per heavy atom. The van der Waals surface area contributed by atoms with E-state index in [0.717, 1.165) is 0 Å². The highest BCUT2D eigenvalue weighted by molar-refractivity contribution is 5.30. The summed E-state index contributed by atoms with van der Waals surface area (Å²) in [4.78, 5) is 0. The minimum Gasteiger partial charge on any atom is -0.0622 e. The summed E-state index contributed by atoms with van der Waals surface area (Å²) in [6.45, 7) is 2.23. The van der Waals surface area contributed by atoms with E-state index in [1.807, 2.05) is 12.1 Å². The molecule has 1 radical (unpaired) electrons. The van der Waals surface area contributed by atoms with Gasteiger partial charge in [-0.2, -0.15) is 0 Å². The van der Waals surface area contributed by atoms with Gasteiger partial charge in [0, 0.05) is 5.92 Å². The van der Waals surface area contributed by atoms with Crippen molar-refractivity contribution in [3.63, 3.8) is 0 Å². The molecule has 69 valence electrons. The molecule has 0 N–H and O–H groups in total. The van der Waals surface area contributed by atoms with Crippen molar-refractivity contribution in [2.45, 2.75) is 12.8 Å². The highest BCUT2D eigenvalue weighted by atomic mass is 14.1. The molecule has 0 saturated heterocycles. The third-order valence-electron chi connectivity index (χ3n) is 2.54. The first kappa shape index (κ1) is 9.01. The van der Waals surface area contributed by atoms with Crippen LogP contribution in [0.25, 0.3) is 0 Å². The molecule has 0 amide bonds. The topological polar surface area (TPSA) is 0 Å². The smallest absolute Gasteiger partial charge is 0.00610 e. The lowest BCUT2D eigenvalue weighted by Crippen LogP contribution is -1.94. The SMILES string of the molecule is C[C@H](c1cc[c]cc1)c1ccccc1. The molecular weight excluding hydrogens is 168 g/mol. The van der Waals surface area contributed by atoms with Gasteiger partial charge in [0.2, 0.25) is 0 Å². The van der Waals surface area contributed by atoms with Crippen molar-refractivity contribution in [2.75, 3.05) is 0 Å². The zero-order chi connectivity index (χ0) is 9.80. The van der Waals surface area contributed by atoms with Crippen LogP contribution in [0, 0.1) is 6.07 Å². The Labute approximate surface area is 85.2 Å². The van der Waals surface area contributed by atoms with Gasteiger partial charge in [-0.25, -0.2) is 0 Å². The Bertz CT molecular complexity index is 336. The lowest BCUT2D eigenvalue weighted by atomic mass is 9.93. The minimum atomic E-state index is 0.464. The van der Waals surface area contributed by atoms with Crippen molar-refractivity contribution in [3.8, 4) is 0 Å². The van der Waals surface area contributed by atoms with Gasteiger partial charge in [-0.15, -0.1) is 0 Å². The van der Waals surface area contributed by atoms with Gasteiger partial charge in [-0.05, 0) is 17.2 Å². The van der Waals surface area contributed by atoms with Crippen LogP contribution in [0.5, 0.6) is 0 Å². The average molecular weight is 181 g/mol. The normalized spacial score (nSPS) is 10.4. The number of benzene rings is 2. The van der Waals surface area contributed by atoms with E-state index >= 15 is 0 Å². The molecule has 0 heterocycles. The maximum absolute atomic E-state index is 3.04. The molecule has 0 saturated carbocycles. The summed E-state index contributed by atoms with van der Waals surface area (Å²) in [6.07, 6.45) is 0. The van der Waals surface area contributed by atoms with Crippen molar-refractivity contribution in [1.82, 2.24) is 0 Å². The fourth-order valence-corrected chi connectivity index (χ4v) is 1.62. The first-order chi connectivity index (χ1) is 6.88. The molecule has 1 atom stereocenters. The minimum absolute atomic E-state index is 0.464. The highest BCUT2D eigenvalue weighted by Gasteiger charge is 2.05. The zero-order valence-electron chi connectivity index (χ0n) is 8.27. The number of rotatable bonds is 2. The first-order valence-electron chi connectivity index (χ1n) is 4.89. The quantitative estimate of drug-likeness (QED) is 0.663. The number of hydrogen-bond acceptors (Lipinski definition) is 0. The molecule has 0 bridgehead atoms. The van der Waals surface area contributed by atoms with E-state index in [-0.39, 0.29) is 0 Å². The standard InChI is InChI=1S/C14H13/c1-12(13-8-4-2-5-9-13)14-10-6-3-7-11-14/h2,4-12H,1H3/t12-/m0/s1. The van der Waals surface area contributed by atoms with Crippen LogP contribution in [0.4, 0.5) is 0 Å². The second-order valence-electron chi connectivity index (χ2n) is 3.47. The molecule has 0 spiro atoms. The molecule has 0 unspecified atom stereocenters. The fraction of sp³-hybridized carbons (Fsp3) is 0.143. The molecule has 0 aliphatic rings. The molecule has 2 rings (SSSR count). The van der Waals surface area contributed by atoms with Gasteiger partial charge < -0.3 is 0 Å². The lowest BCUT2D eigenvalue weighted by Gasteiger charge is -2.11. The maximum atomic E-state index is 3.04. The van der Waals surface area contributed by atoms with E-state index in [2.05, 4.69) is 55.5 Å². The Hall–Kier alpha value is -1.56. The summed E-state index contributed by atoms with van der Waals surface area (Å²) in [5.74, 6) is 0.464. The van der Waals surface area contributed by atoms with Gasteiger partial charge in [0.25, 0.3) is 0 Å². The van der Waals surface area contributed by atoms with E-state index in [4.69, 9.17) is 0 Å². The lowest BCUT2D eigenvalue weighted by molar-refractivity contribution is 0.922. The largest absolute Gasteiger partial charge is 0.0622 e. The Morgan fingerprint density at radius 3 is 2.07 bits per heavy atom. The number of hydrogen-bond donors (Lipinski definition) is 0. The second kappa shape index (κ2) is 4.10. The molecule has 2 aromatic carbocycles. The van der Waals surface area contributed by atoms with Crippen LogP contribution in [-0.2, 0) is 0 Å². The molecule has 0 aliphatic heterocycles. The van der Waals surface area contributed by atoms with Crippen molar-refractivity contribution >= 4 is 0 Å². The van der Waals surface area contributed by atoms with Crippen LogP contribution in [-0.4, -0.2) is 0 Å². The molecule has 0 aromatic heterocycles. The monoisotopic (exact) mass is 181 g/mol. The van der Waals surface area contributed by atoms with Gasteiger partial charge in [-0.3, -0.25) is 0 Å². The molecule has 0 fully saturated rings. The van der Waals surface area contributed by atoms with Crippen molar-refractivity contribution in [1.29, 1.82) is 0 Å².